The maximum Gasteiger partial charge on any atom is 0.150 e. The van der Waals surface area contributed by atoms with Crippen molar-refractivity contribution >= 4 is 15.7 Å². The van der Waals surface area contributed by atoms with E-state index < -0.39 is 9.84 Å². The topological polar surface area (TPSA) is 58.5 Å². The van der Waals surface area contributed by atoms with Crippen molar-refractivity contribution in [2.45, 2.75) is 32.1 Å². The molecule has 2 heterocycles. The molecule has 4 nitrogen and oxygen atoms in total. The summed E-state index contributed by atoms with van der Waals surface area (Å²) in [6.45, 7) is 1.70. The van der Waals surface area contributed by atoms with Gasteiger partial charge in [-0.3, -0.25) is 4.99 Å². The van der Waals surface area contributed by atoms with Crippen LogP contribution in [0.5, 0.6) is 0 Å². The van der Waals surface area contributed by atoms with Gasteiger partial charge < -0.3 is 5.32 Å². The van der Waals surface area contributed by atoms with Crippen LogP contribution in [0.2, 0.25) is 0 Å². The van der Waals surface area contributed by atoms with Gasteiger partial charge in [0.15, 0.2) is 9.84 Å². The molecule has 1 saturated heterocycles. The first-order valence-electron chi connectivity index (χ1n) is 6.13. The molecule has 2 aliphatic heterocycles. The number of sulfone groups is 1. The van der Waals surface area contributed by atoms with Crippen molar-refractivity contribution < 1.29 is 8.42 Å². The normalized spacial score (nSPS) is 29.5. The van der Waals surface area contributed by atoms with E-state index in [4.69, 9.17) is 0 Å². The Morgan fingerprint density at radius 2 is 2.19 bits per heavy atom. The van der Waals surface area contributed by atoms with Crippen molar-refractivity contribution in [2.24, 2.45) is 10.9 Å². The largest absolute Gasteiger partial charge is 0.374 e. The molecule has 0 aromatic heterocycles. The summed E-state index contributed by atoms with van der Waals surface area (Å²) in [6, 6.07) is 0. The molecule has 0 aliphatic carbocycles. The average Bonchev–Trinajstić information content (AvgIpc) is 2.47. The van der Waals surface area contributed by atoms with Gasteiger partial charge in [0.25, 0.3) is 0 Å². The second kappa shape index (κ2) is 5.17. The smallest absolute Gasteiger partial charge is 0.150 e. The number of hydrogen-bond donors (Lipinski definition) is 1. The summed E-state index contributed by atoms with van der Waals surface area (Å²) in [6.07, 6.45) is 5.48. The summed E-state index contributed by atoms with van der Waals surface area (Å²) in [4.78, 5) is 4.48. The maximum absolute atomic E-state index is 11.3. The second-order valence-corrected chi connectivity index (χ2v) is 7.02. The summed E-state index contributed by atoms with van der Waals surface area (Å²) in [5, 5.41) is 3.33. The predicted molar refractivity (Wildman–Crippen MR) is 65.5 cm³/mol. The Bertz CT molecular complexity index is 362. The molecule has 2 aliphatic rings. The monoisotopic (exact) mass is 244 g/mol. The summed E-state index contributed by atoms with van der Waals surface area (Å²) in [5.74, 6) is 2.09. The van der Waals surface area contributed by atoms with Gasteiger partial charge in [-0.1, -0.05) is 6.42 Å². The van der Waals surface area contributed by atoms with E-state index in [1.807, 2.05) is 0 Å². The highest BCUT2D eigenvalue weighted by Crippen LogP contribution is 2.17. The highest BCUT2D eigenvalue weighted by atomic mass is 32.2. The fourth-order valence-corrected chi connectivity index (χ4v) is 4.18. The highest BCUT2D eigenvalue weighted by Gasteiger charge is 2.27. The fraction of sp³-hybridized carbons (Fsp3) is 0.909. The maximum atomic E-state index is 11.3. The van der Waals surface area contributed by atoms with Crippen molar-refractivity contribution in [1.82, 2.24) is 5.32 Å². The third-order valence-corrected chi connectivity index (χ3v) is 5.13. The van der Waals surface area contributed by atoms with E-state index >= 15 is 0 Å². The van der Waals surface area contributed by atoms with E-state index in [1.54, 1.807) is 0 Å². The fourth-order valence-electron chi connectivity index (χ4n) is 2.31. The Morgan fingerprint density at radius 3 is 2.94 bits per heavy atom. The van der Waals surface area contributed by atoms with E-state index in [1.165, 1.54) is 19.3 Å². The molecule has 1 atom stereocenters. The van der Waals surface area contributed by atoms with E-state index in [0.29, 0.717) is 11.5 Å². The van der Waals surface area contributed by atoms with Gasteiger partial charge in [-0.25, -0.2) is 8.42 Å². The van der Waals surface area contributed by atoms with Crippen molar-refractivity contribution in [3.63, 3.8) is 0 Å². The van der Waals surface area contributed by atoms with Crippen LogP contribution in [0, 0.1) is 5.92 Å². The zero-order valence-electron chi connectivity index (χ0n) is 9.61. The molecule has 0 aromatic carbocycles. The minimum absolute atomic E-state index is 0.288. The molecule has 1 unspecified atom stereocenters. The molecule has 0 saturated carbocycles. The zero-order valence-corrected chi connectivity index (χ0v) is 10.4. The van der Waals surface area contributed by atoms with E-state index in [-0.39, 0.29) is 5.92 Å². The Morgan fingerprint density at radius 1 is 1.31 bits per heavy atom. The van der Waals surface area contributed by atoms with Crippen molar-refractivity contribution in [3.8, 4) is 0 Å². The summed E-state index contributed by atoms with van der Waals surface area (Å²) < 4.78 is 22.6. The number of amidine groups is 1. The van der Waals surface area contributed by atoms with Crippen molar-refractivity contribution in [2.75, 3.05) is 24.6 Å². The van der Waals surface area contributed by atoms with Crippen LogP contribution in [0.3, 0.4) is 0 Å². The molecule has 16 heavy (non-hydrogen) atoms. The molecule has 0 spiro atoms. The lowest BCUT2D eigenvalue weighted by Gasteiger charge is -2.11. The van der Waals surface area contributed by atoms with E-state index in [2.05, 4.69) is 10.3 Å². The SMILES string of the molecule is O=S1(=O)CCC(CNC2=NCCCCC2)C1. The van der Waals surface area contributed by atoms with Crippen LogP contribution >= 0.6 is 0 Å². The van der Waals surface area contributed by atoms with Gasteiger partial charge in [-0.2, -0.15) is 0 Å². The predicted octanol–water partition coefficient (Wildman–Crippen LogP) is 0.983. The molecule has 0 aromatic rings. The van der Waals surface area contributed by atoms with Crippen LogP contribution in [0.15, 0.2) is 4.99 Å². The van der Waals surface area contributed by atoms with Gasteiger partial charge in [-0.05, 0) is 25.2 Å². The minimum atomic E-state index is -2.74. The molecule has 5 heteroatoms. The number of rotatable bonds is 2. The molecule has 0 radical (unpaired) electrons. The lowest BCUT2D eigenvalue weighted by atomic mass is 10.1. The third-order valence-electron chi connectivity index (χ3n) is 3.30. The van der Waals surface area contributed by atoms with Crippen LogP contribution in [-0.2, 0) is 9.84 Å². The van der Waals surface area contributed by atoms with Gasteiger partial charge >= 0.3 is 0 Å². The van der Waals surface area contributed by atoms with Gasteiger partial charge in [0, 0.05) is 19.5 Å². The first-order chi connectivity index (χ1) is 7.66. The molecule has 1 N–H and O–H groups in total. The number of hydrogen-bond acceptors (Lipinski definition) is 4. The van der Waals surface area contributed by atoms with Crippen LogP contribution in [-0.4, -0.2) is 38.8 Å². The lowest BCUT2D eigenvalue weighted by Crippen LogP contribution is -2.29. The lowest BCUT2D eigenvalue weighted by molar-refractivity contribution is 0.569. The molecule has 1 fully saturated rings. The number of aliphatic imine (C=N–C) groups is 1. The highest BCUT2D eigenvalue weighted by molar-refractivity contribution is 7.91. The van der Waals surface area contributed by atoms with Crippen LogP contribution < -0.4 is 5.32 Å². The van der Waals surface area contributed by atoms with Crippen LogP contribution in [0.25, 0.3) is 0 Å². The standard InChI is InChI=1S/C11H20N2O2S/c14-16(15)7-5-10(9-16)8-13-11-4-2-1-3-6-12-11/h10H,1-9H2,(H,12,13). The van der Waals surface area contributed by atoms with Crippen molar-refractivity contribution in [3.05, 3.63) is 0 Å². The van der Waals surface area contributed by atoms with Gasteiger partial charge in [0.05, 0.1) is 17.3 Å². The quantitative estimate of drug-likeness (QED) is 0.788. The van der Waals surface area contributed by atoms with Crippen molar-refractivity contribution in [1.29, 1.82) is 0 Å². The van der Waals surface area contributed by atoms with Gasteiger partial charge in [-0.15, -0.1) is 0 Å². The summed E-state index contributed by atoms with van der Waals surface area (Å²) >= 11 is 0. The average molecular weight is 244 g/mol. The first kappa shape index (κ1) is 11.9. The van der Waals surface area contributed by atoms with Gasteiger partial charge in [0.1, 0.15) is 0 Å². The first-order valence-corrected chi connectivity index (χ1v) is 7.95. The van der Waals surface area contributed by atoms with Gasteiger partial charge in [0.2, 0.25) is 0 Å². The third kappa shape index (κ3) is 3.47. The van der Waals surface area contributed by atoms with Crippen LogP contribution in [0.1, 0.15) is 32.1 Å². The molecule has 0 amide bonds. The number of nitrogens with zero attached hydrogens (tertiary/aromatic N) is 1. The molecule has 0 bridgehead atoms. The molecular formula is C11H20N2O2S. The summed E-state index contributed by atoms with van der Waals surface area (Å²) in [5.41, 5.74) is 0. The van der Waals surface area contributed by atoms with Crippen LogP contribution in [0.4, 0.5) is 0 Å². The Balaban J connectivity index is 1.77. The molecular weight excluding hydrogens is 224 g/mol. The summed E-state index contributed by atoms with van der Waals surface area (Å²) in [7, 11) is -2.74. The minimum Gasteiger partial charge on any atom is -0.374 e. The Hall–Kier alpha value is -0.580. The molecule has 2 rings (SSSR count). The van der Waals surface area contributed by atoms with E-state index in [0.717, 1.165) is 31.8 Å². The Kier molecular flexibility index (Phi) is 3.84. The second-order valence-electron chi connectivity index (χ2n) is 4.79. The van der Waals surface area contributed by atoms with E-state index in [9.17, 15) is 8.42 Å². The molecule has 92 valence electrons. The zero-order chi connectivity index (χ0) is 11.4. The Labute approximate surface area is 97.4 Å². The number of nitrogens with one attached hydrogen (secondary N) is 1.